The van der Waals surface area contributed by atoms with Crippen molar-refractivity contribution in [2.45, 2.75) is 160 Å². The molecule has 0 atom stereocenters. The second-order valence-corrected chi connectivity index (χ2v) is 47.0. The summed E-state index contributed by atoms with van der Waals surface area (Å²) in [6.07, 6.45) is 10.4. The van der Waals surface area contributed by atoms with E-state index >= 15 is 0 Å². The molecule has 0 aliphatic carbocycles. The second-order valence-electron chi connectivity index (χ2n) is 11.9. The Hall–Kier alpha value is 2.35. The van der Waals surface area contributed by atoms with E-state index in [-0.39, 0.29) is 0 Å². The van der Waals surface area contributed by atoms with Gasteiger partial charge in [-0.15, -0.1) is 0 Å². The third kappa shape index (κ3) is 13.9. The third-order valence-electron chi connectivity index (χ3n) is 8.06. The van der Waals surface area contributed by atoms with Crippen LogP contribution >= 0.6 is 0 Å². The van der Waals surface area contributed by atoms with Gasteiger partial charge < -0.3 is 0 Å². The molecule has 0 unspecified atom stereocenters. The molecular formula is C27H63B3O6Sn3. The van der Waals surface area contributed by atoms with E-state index in [4.69, 9.17) is 22.7 Å². The summed E-state index contributed by atoms with van der Waals surface area (Å²) in [5, 5.41) is 0. The SMILES string of the molecule is CC[CH2][Sn]([CH2]CC)([CH2]CC)[O]B1OB([O][Sn]([CH2]CC)([CH2]CC)[CH2]CC)OB([O][Sn]([CH2]CC)([CH2]CC)[CH2]CC)O1. The van der Waals surface area contributed by atoms with E-state index in [1.165, 1.54) is 39.9 Å². The molecule has 6 nitrogen and oxygen atoms in total. The topological polar surface area (TPSA) is 55.4 Å². The summed E-state index contributed by atoms with van der Waals surface area (Å²) in [5.41, 5.74) is 0. The molecule has 1 rings (SSSR count). The van der Waals surface area contributed by atoms with Crippen LogP contribution in [0.1, 0.15) is 120 Å². The zero-order chi connectivity index (χ0) is 29.2. The fraction of sp³-hybridized carbons (Fsp3) is 1.00. The molecule has 39 heavy (non-hydrogen) atoms. The quantitative estimate of drug-likeness (QED) is 0.0902. The molecule has 0 aromatic carbocycles. The van der Waals surface area contributed by atoms with Crippen molar-refractivity contribution in [1.82, 2.24) is 0 Å². The van der Waals surface area contributed by atoms with Crippen LogP contribution < -0.4 is 0 Å². The average molecular weight is 872 g/mol. The molecule has 0 amide bonds. The Morgan fingerprint density at radius 2 is 0.487 bits per heavy atom. The maximum atomic E-state index is 7.02. The molecule has 0 spiro atoms. The summed E-state index contributed by atoms with van der Waals surface area (Å²) < 4.78 is 51.3. The van der Waals surface area contributed by atoms with Gasteiger partial charge in [0.25, 0.3) is 0 Å². The van der Waals surface area contributed by atoms with Gasteiger partial charge in [0, 0.05) is 0 Å². The first-order valence-electron chi connectivity index (χ1n) is 16.8. The van der Waals surface area contributed by atoms with E-state index in [1.807, 2.05) is 0 Å². The Morgan fingerprint density at radius 3 is 0.615 bits per heavy atom. The summed E-state index contributed by atoms with van der Waals surface area (Å²) in [6, 6.07) is 0. The van der Waals surface area contributed by atoms with Crippen molar-refractivity contribution < 1.29 is 22.7 Å². The molecular weight excluding hydrogens is 809 g/mol. The van der Waals surface area contributed by atoms with Crippen molar-refractivity contribution in [3.8, 4) is 0 Å². The molecule has 1 saturated heterocycles. The van der Waals surface area contributed by atoms with Gasteiger partial charge >= 0.3 is 261 Å². The van der Waals surface area contributed by atoms with Crippen molar-refractivity contribution in [3.63, 3.8) is 0 Å². The van der Waals surface area contributed by atoms with Crippen LogP contribution in [0.5, 0.6) is 0 Å². The first kappa shape index (κ1) is 39.4. The molecule has 0 radical (unpaired) electrons. The van der Waals surface area contributed by atoms with E-state index < -0.39 is 78.3 Å². The standard InChI is InChI=1S/9C3H7.B3O6.3Sn/c9*1-3-2;4-1-7-2(5)9-3(6)8-1;;;/h9*1,3H2,2H3;;;;/q;;;;;;;;;-3;3*+1. The maximum absolute atomic E-state index is 7.02. The molecule has 1 fully saturated rings. The van der Waals surface area contributed by atoms with Crippen molar-refractivity contribution in [3.05, 3.63) is 0 Å². The fourth-order valence-corrected chi connectivity index (χ4v) is 44.2. The Kier molecular flexibility index (Phi) is 22.2. The summed E-state index contributed by atoms with van der Waals surface area (Å²) in [7, 11) is -2.22. The molecule has 1 aliphatic heterocycles. The molecule has 0 aromatic heterocycles. The van der Waals surface area contributed by atoms with Crippen LogP contribution in [0.2, 0.25) is 39.9 Å². The van der Waals surface area contributed by atoms with Crippen LogP contribution in [0, 0.1) is 0 Å². The van der Waals surface area contributed by atoms with Crippen LogP contribution in [0.25, 0.3) is 0 Å². The Labute approximate surface area is 258 Å². The fourth-order valence-electron chi connectivity index (χ4n) is 6.90. The van der Waals surface area contributed by atoms with Crippen LogP contribution in [-0.4, -0.2) is 78.3 Å². The molecule has 0 bridgehead atoms. The molecule has 1 aliphatic rings. The summed E-state index contributed by atoms with van der Waals surface area (Å²) in [4.78, 5) is 0. The summed E-state index contributed by atoms with van der Waals surface area (Å²) >= 11 is -8.82. The van der Waals surface area contributed by atoms with Crippen LogP contribution in [0.4, 0.5) is 0 Å². The first-order valence-corrected chi connectivity index (χ1v) is 38.4. The van der Waals surface area contributed by atoms with Crippen molar-refractivity contribution in [2.24, 2.45) is 0 Å². The van der Waals surface area contributed by atoms with Crippen LogP contribution in [0.15, 0.2) is 0 Å². The van der Waals surface area contributed by atoms with Gasteiger partial charge in [0.05, 0.1) is 0 Å². The van der Waals surface area contributed by atoms with Gasteiger partial charge in [0.1, 0.15) is 0 Å². The predicted molar refractivity (Wildman–Crippen MR) is 177 cm³/mol. The molecule has 0 aromatic rings. The summed E-state index contributed by atoms with van der Waals surface area (Å²) in [5.74, 6) is 0. The average Bonchev–Trinajstić information content (AvgIpc) is 2.85. The Balaban J connectivity index is 3.37. The zero-order valence-corrected chi connectivity index (χ0v) is 36.0. The molecule has 1 heterocycles. The first-order chi connectivity index (χ1) is 18.8. The van der Waals surface area contributed by atoms with E-state index in [2.05, 4.69) is 62.3 Å². The van der Waals surface area contributed by atoms with Gasteiger partial charge in [0.15, 0.2) is 0 Å². The van der Waals surface area contributed by atoms with Gasteiger partial charge in [-0.3, -0.25) is 0 Å². The predicted octanol–water partition coefficient (Wildman–Crippen LogP) is 9.58. The monoisotopic (exact) mass is 876 g/mol. The van der Waals surface area contributed by atoms with Gasteiger partial charge in [-0.25, -0.2) is 0 Å². The van der Waals surface area contributed by atoms with Crippen molar-refractivity contribution >= 4 is 78.3 Å². The van der Waals surface area contributed by atoms with Crippen molar-refractivity contribution in [1.29, 1.82) is 0 Å². The van der Waals surface area contributed by atoms with E-state index in [9.17, 15) is 0 Å². The van der Waals surface area contributed by atoms with E-state index in [1.54, 1.807) is 0 Å². The number of hydrogen-bond donors (Lipinski definition) is 0. The van der Waals surface area contributed by atoms with Crippen LogP contribution in [-0.2, 0) is 22.7 Å². The summed E-state index contributed by atoms with van der Waals surface area (Å²) in [6.45, 7) is 20.6. The Bertz CT molecular complexity index is 487. The van der Waals surface area contributed by atoms with E-state index in [0.717, 1.165) is 57.8 Å². The minimum atomic E-state index is -2.94. The van der Waals surface area contributed by atoms with Crippen molar-refractivity contribution in [2.75, 3.05) is 0 Å². The van der Waals surface area contributed by atoms with Gasteiger partial charge in [-0.1, -0.05) is 0 Å². The van der Waals surface area contributed by atoms with Gasteiger partial charge in [-0.2, -0.15) is 0 Å². The molecule has 12 heteroatoms. The number of rotatable bonds is 24. The van der Waals surface area contributed by atoms with E-state index in [0.29, 0.717) is 0 Å². The van der Waals surface area contributed by atoms with Gasteiger partial charge in [0.2, 0.25) is 0 Å². The molecule has 228 valence electrons. The number of hydrogen-bond acceptors (Lipinski definition) is 6. The molecule has 0 N–H and O–H groups in total. The van der Waals surface area contributed by atoms with Crippen LogP contribution in [0.3, 0.4) is 0 Å². The minimum absolute atomic E-state index is 0.739. The Morgan fingerprint density at radius 1 is 0.333 bits per heavy atom. The third-order valence-corrected chi connectivity index (χ3v) is 50.2. The molecule has 0 saturated carbocycles. The zero-order valence-electron chi connectivity index (χ0n) is 27.4. The normalized spacial score (nSPS) is 15.5. The second kappa shape index (κ2) is 22.0. The van der Waals surface area contributed by atoms with Gasteiger partial charge in [-0.05, 0) is 0 Å².